The topological polar surface area (TPSA) is 66.0 Å². The zero-order valence-corrected chi connectivity index (χ0v) is 12.3. The Hall–Kier alpha value is -2.51. The van der Waals surface area contributed by atoms with Crippen molar-refractivity contribution in [3.63, 3.8) is 0 Å². The van der Waals surface area contributed by atoms with Crippen LogP contribution in [0.25, 0.3) is 11.8 Å². The summed E-state index contributed by atoms with van der Waals surface area (Å²) in [6.07, 6.45) is 1.39. The highest BCUT2D eigenvalue weighted by Gasteiger charge is 2.12. The van der Waals surface area contributed by atoms with Crippen LogP contribution >= 0.6 is 11.6 Å². The normalized spacial score (nSPS) is 11.2. The highest BCUT2D eigenvalue weighted by atomic mass is 35.5. The number of rotatable bonds is 3. The number of hydrogen-bond acceptors (Lipinski definition) is 2. The Labute approximate surface area is 127 Å². The van der Waals surface area contributed by atoms with Gasteiger partial charge in [-0.15, -0.1) is 0 Å². The molecular formula is C16H13ClN2O2. The fourth-order valence-corrected chi connectivity index (χ4v) is 2.34. The number of nitriles is 1. The van der Waals surface area contributed by atoms with E-state index in [0.29, 0.717) is 10.6 Å². The average Bonchev–Trinajstić information content (AvgIpc) is 2.71. The molecule has 21 heavy (non-hydrogen) atoms. The lowest BCUT2D eigenvalue weighted by Gasteiger charge is -2.09. The summed E-state index contributed by atoms with van der Waals surface area (Å²) in [7, 11) is 0. The number of aromatic nitrogens is 1. The van der Waals surface area contributed by atoms with Crippen molar-refractivity contribution in [3.05, 3.63) is 57.9 Å². The molecule has 0 amide bonds. The van der Waals surface area contributed by atoms with E-state index in [1.807, 2.05) is 36.6 Å². The molecule has 0 atom stereocenters. The van der Waals surface area contributed by atoms with E-state index >= 15 is 0 Å². The van der Waals surface area contributed by atoms with Gasteiger partial charge in [-0.25, -0.2) is 4.79 Å². The van der Waals surface area contributed by atoms with E-state index in [-0.39, 0.29) is 5.57 Å². The van der Waals surface area contributed by atoms with E-state index in [1.165, 1.54) is 6.08 Å². The maximum absolute atomic E-state index is 10.9. The Bertz CT molecular complexity index is 765. The molecule has 5 heteroatoms. The predicted molar refractivity (Wildman–Crippen MR) is 81.5 cm³/mol. The van der Waals surface area contributed by atoms with Crippen LogP contribution in [0.2, 0.25) is 5.02 Å². The number of carboxylic acid groups (broad SMARTS) is 1. The van der Waals surface area contributed by atoms with Crippen LogP contribution in [-0.2, 0) is 4.79 Å². The molecule has 2 aromatic rings. The van der Waals surface area contributed by atoms with Crippen LogP contribution in [0.4, 0.5) is 0 Å². The second-order valence-corrected chi connectivity index (χ2v) is 5.05. The minimum atomic E-state index is -1.23. The smallest absolute Gasteiger partial charge is 0.346 e. The third-order valence-electron chi connectivity index (χ3n) is 3.21. The van der Waals surface area contributed by atoms with Gasteiger partial charge in [0.05, 0.1) is 0 Å². The molecule has 4 nitrogen and oxygen atoms in total. The Morgan fingerprint density at radius 3 is 2.48 bits per heavy atom. The number of halogens is 1. The second kappa shape index (κ2) is 5.86. The van der Waals surface area contributed by atoms with Crippen molar-refractivity contribution in [2.45, 2.75) is 13.8 Å². The monoisotopic (exact) mass is 300 g/mol. The van der Waals surface area contributed by atoms with Gasteiger partial charge in [0.15, 0.2) is 0 Å². The van der Waals surface area contributed by atoms with Crippen molar-refractivity contribution in [1.29, 1.82) is 5.26 Å². The lowest BCUT2D eigenvalue weighted by molar-refractivity contribution is -0.132. The van der Waals surface area contributed by atoms with Crippen molar-refractivity contribution in [2.75, 3.05) is 0 Å². The molecule has 1 N–H and O–H groups in total. The molecule has 0 aliphatic heterocycles. The number of nitrogens with zero attached hydrogens (tertiary/aromatic N) is 2. The van der Waals surface area contributed by atoms with Crippen molar-refractivity contribution in [1.82, 2.24) is 4.57 Å². The van der Waals surface area contributed by atoms with Crippen molar-refractivity contribution < 1.29 is 9.90 Å². The first-order chi connectivity index (χ1) is 9.93. The Morgan fingerprint density at radius 2 is 1.95 bits per heavy atom. The lowest BCUT2D eigenvalue weighted by Crippen LogP contribution is -2.00. The van der Waals surface area contributed by atoms with Gasteiger partial charge >= 0.3 is 5.97 Å². The minimum Gasteiger partial charge on any atom is -0.477 e. The van der Waals surface area contributed by atoms with E-state index in [1.54, 1.807) is 18.2 Å². The van der Waals surface area contributed by atoms with Gasteiger partial charge in [-0.1, -0.05) is 11.6 Å². The molecule has 0 fully saturated rings. The van der Waals surface area contributed by atoms with E-state index < -0.39 is 5.97 Å². The summed E-state index contributed by atoms with van der Waals surface area (Å²) in [4.78, 5) is 10.9. The van der Waals surface area contributed by atoms with E-state index in [9.17, 15) is 4.79 Å². The first kappa shape index (κ1) is 14.9. The van der Waals surface area contributed by atoms with Gasteiger partial charge in [-0.05, 0) is 55.8 Å². The molecule has 106 valence electrons. The molecule has 1 aromatic heterocycles. The number of carbonyl (C=O) groups is 1. The van der Waals surface area contributed by atoms with E-state index in [2.05, 4.69) is 0 Å². The molecule has 0 saturated carbocycles. The average molecular weight is 301 g/mol. The zero-order valence-electron chi connectivity index (χ0n) is 11.6. The Kier molecular flexibility index (Phi) is 4.15. The molecule has 1 heterocycles. The third-order valence-corrected chi connectivity index (χ3v) is 3.46. The van der Waals surface area contributed by atoms with Gasteiger partial charge in [0, 0.05) is 22.1 Å². The summed E-state index contributed by atoms with van der Waals surface area (Å²) >= 11 is 5.89. The highest BCUT2D eigenvalue weighted by molar-refractivity contribution is 6.30. The predicted octanol–water partition coefficient (Wildman–Crippen LogP) is 3.74. The quantitative estimate of drug-likeness (QED) is 0.693. The molecule has 0 aliphatic carbocycles. The van der Waals surface area contributed by atoms with Crippen LogP contribution in [0.3, 0.4) is 0 Å². The summed E-state index contributed by atoms with van der Waals surface area (Å²) in [5.41, 5.74) is 3.17. The van der Waals surface area contributed by atoms with Crippen LogP contribution in [0.5, 0.6) is 0 Å². The molecule has 0 spiro atoms. The molecule has 0 radical (unpaired) electrons. The number of benzene rings is 1. The molecule has 1 aromatic carbocycles. The number of aliphatic carboxylic acids is 1. The maximum atomic E-state index is 10.9. The standard InChI is InChI=1S/C16H13ClN2O2/c1-10-7-12(8-13(9-18)16(20)21)11(2)19(10)15-5-3-14(17)4-6-15/h3-8H,1-2H3,(H,20,21). The number of carboxylic acids is 1. The molecule has 0 aliphatic rings. The van der Waals surface area contributed by atoms with Crippen LogP contribution in [0.1, 0.15) is 17.0 Å². The summed E-state index contributed by atoms with van der Waals surface area (Å²) in [6.45, 7) is 3.80. The van der Waals surface area contributed by atoms with Gasteiger partial charge in [0.2, 0.25) is 0 Å². The lowest BCUT2D eigenvalue weighted by atomic mass is 10.1. The SMILES string of the molecule is Cc1cc(C=C(C#N)C(=O)O)c(C)n1-c1ccc(Cl)cc1. The molecule has 2 rings (SSSR count). The summed E-state index contributed by atoms with van der Waals surface area (Å²) < 4.78 is 1.99. The van der Waals surface area contributed by atoms with Crippen molar-refractivity contribution in [2.24, 2.45) is 0 Å². The van der Waals surface area contributed by atoms with Crippen LogP contribution in [0.15, 0.2) is 35.9 Å². The number of aryl methyl sites for hydroxylation is 1. The van der Waals surface area contributed by atoms with E-state index in [4.69, 9.17) is 22.0 Å². The first-order valence-corrected chi connectivity index (χ1v) is 6.62. The van der Waals surface area contributed by atoms with Crippen LogP contribution < -0.4 is 0 Å². The largest absolute Gasteiger partial charge is 0.477 e. The zero-order chi connectivity index (χ0) is 15.6. The summed E-state index contributed by atoms with van der Waals surface area (Å²) in [6, 6.07) is 10.9. The van der Waals surface area contributed by atoms with Crippen molar-refractivity contribution in [3.8, 4) is 11.8 Å². The molecule has 0 unspecified atom stereocenters. The van der Waals surface area contributed by atoms with Gasteiger partial charge in [-0.3, -0.25) is 0 Å². The Balaban J connectivity index is 2.55. The highest BCUT2D eigenvalue weighted by Crippen LogP contribution is 2.23. The fraction of sp³-hybridized carbons (Fsp3) is 0.125. The maximum Gasteiger partial charge on any atom is 0.346 e. The minimum absolute atomic E-state index is 0.286. The van der Waals surface area contributed by atoms with Crippen LogP contribution in [0, 0.1) is 25.2 Å². The van der Waals surface area contributed by atoms with E-state index in [0.717, 1.165) is 17.1 Å². The van der Waals surface area contributed by atoms with Gasteiger partial charge in [0.1, 0.15) is 11.6 Å². The Morgan fingerprint density at radius 1 is 1.33 bits per heavy atom. The second-order valence-electron chi connectivity index (χ2n) is 4.61. The molecular weight excluding hydrogens is 288 g/mol. The van der Waals surface area contributed by atoms with Crippen molar-refractivity contribution >= 4 is 23.6 Å². The number of hydrogen-bond donors (Lipinski definition) is 1. The summed E-state index contributed by atoms with van der Waals surface area (Å²) in [5, 5.41) is 18.4. The molecule has 0 saturated heterocycles. The van der Waals surface area contributed by atoms with Gasteiger partial charge < -0.3 is 9.67 Å². The van der Waals surface area contributed by atoms with Gasteiger partial charge in [0.25, 0.3) is 0 Å². The summed E-state index contributed by atoms with van der Waals surface area (Å²) in [5.74, 6) is -1.23. The van der Waals surface area contributed by atoms with Crippen LogP contribution in [-0.4, -0.2) is 15.6 Å². The molecule has 0 bridgehead atoms. The fourth-order valence-electron chi connectivity index (χ4n) is 2.22. The first-order valence-electron chi connectivity index (χ1n) is 6.24. The van der Waals surface area contributed by atoms with Gasteiger partial charge in [-0.2, -0.15) is 5.26 Å². The third kappa shape index (κ3) is 2.99.